The highest BCUT2D eigenvalue weighted by molar-refractivity contribution is 5.99. The summed E-state index contributed by atoms with van der Waals surface area (Å²) in [4.78, 5) is 11.2. The number of nitrogens with one attached hydrogen (secondary N) is 2. The predicted molar refractivity (Wildman–Crippen MR) is 58.6 cm³/mol. The topological polar surface area (TPSA) is 76.4 Å². The molecular weight excluding hydrogens is 206 g/mol. The summed E-state index contributed by atoms with van der Waals surface area (Å²) in [6, 6.07) is 5.93. The molecule has 1 amide bonds. The molecule has 2 heterocycles. The number of hydrogen-bond donors (Lipinski definition) is 3. The van der Waals surface area contributed by atoms with Gasteiger partial charge >= 0.3 is 0 Å². The Bertz CT molecular complexity index is 449. The molecule has 84 valence electrons. The summed E-state index contributed by atoms with van der Waals surface area (Å²) >= 11 is 0. The molecule has 0 aromatic heterocycles. The summed E-state index contributed by atoms with van der Waals surface area (Å²) in [7, 11) is 0. The first-order valence-corrected chi connectivity index (χ1v) is 5.22. The smallest absolute Gasteiger partial charge is 0.228 e. The molecule has 16 heavy (non-hydrogen) atoms. The molecule has 1 aromatic carbocycles. The number of hydrogen-bond acceptors (Lipinski definition) is 4. The van der Waals surface area contributed by atoms with Gasteiger partial charge in [-0.3, -0.25) is 10.6 Å². The lowest BCUT2D eigenvalue weighted by atomic mass is 9.87. The summed E-state index contributed by atoms with van der Waals surface area (Å²) < 4.78 is 5.20. The van der Waals surface area contributed by atoms with Gasteiger partial charge in [-0.15, -0.1) is 0 Å². The Morgan fingerprint density at radius 1 is 1.44 bits per heavy atom. The highest BCUT2D eigenvalue weighted by Gasteiger charge is 2.40. The highest BCUT2D eigenvalue weighted by Crippen LogP contribution is 2.33. The number of carbonyl (C=O) groups is 1. The summed E-state index contributed by atoms with van der Waals surface area (Å²) in [5, 5.41) is 2.81. The van der Waals surface area contributed by atoms with E-state index in [1.54, 1.807) is 0 Å². The molecule has 5 heteroatoms. The first kappa shape index (κ1) is 9.77. The number of hydrazine groups is 1. The standard InChI is InChI=1S/C11H13N3O2/c12-14-11(5-16-6-11)8-1-2-9-7(3-8)4-10(15)13-9/h1-3,14H,4-6,12H2,(H,13,15). The molecule has 1 fully saturated rings. The monoisotopic (exact) mass is 219 g/mol. The van der Waals surface area contributed by atoms with Crippen molar-refractivity contribution in [3.63, 3.8) is 0 Å². The van der Waals surface area contributed by atoms with Gasteiger partial charge in [0.25, 0.3) is 0 Å². The van der Waals surface area contributed by atoms with Crippen LogP contribution in [0.3, 0.4) is 0 Å². The number of carbonyl (C=O) groups excluding carboxylic acids is 1. The van der Waals surface area contributed by atoms with E-state index in [1.807, 2.05) is 18.2 Å². The van der Waals surface area contributed by atoms with Crippen LogP contribution in [0, 0.1) is 0 Å². The Morgan fingerprint density at radius 3 is 2.88 bits per heavy atom. The third-order valence-electron chi connectivity index (χ3n) is 3.26. The van der Waals surface area contributed by atoms with Crippen LogP contribution in [-0.4, -0.2) is 19.1 Å². The van der Waals surface area contributed by atoms with Gasteiger partial charge in [0.2, 0.25) is 5.91 Å². The van der Waals surface area contributed by atoms with E-state index in [0.717, 1.165) is 16.8 Å². The van der Waals surface area contributed by atoms with Crippen LogP contribution in [0.25, 0.3) is 0 Å². The molecule has 0 unspecified atom stereocenters. The van der Waals surface area contributed by atoms with Crippen molar-refractivity contribution in [3.05, 3.63) is 29.3 Å². The van der Waals surface area contributed by atoms with E-state index < -0.39 is 0 Å². The quantitative estimate of drug-likeness (QED) is 0.478. The van der Waals surface area contributed by atoms with Gasteiger partial charge in [-0.2, -0.15) is 0 Å². The number of nitrogens with two attached hydrogens (primary N) is 1. The second-order valence-electron chi connectivity index (χ2n) is 4.32. The van der Waals surface area contributed by atoms with Crippen LogP contribution >= 0.6 is 0 Å². The van der Waals surface area contributed by atoms with Crippen molar-refractivity contribution < 1.29 is 9.53 Å². The van der Waals surface area contributed by atoms with E-state index in [0.29, 0.717) is 19.6 Å². The third-order valence-corrected chi connectivity index (χ3v) is 3.26. The molecular formula is C11H13N3O2. The fourth-order valence-corrected chi connectivity index (χ4v) is 2.17. The van der Waals surface area contributed by atoms with E-state index in [9.17, 15) is 4.79 Å². The maximum absolute atomic E-state index is 11.2. The minimum atomic E-state index is -0.277. The molecule has 0 saturated carbocycles. The molecule has 1 aromatic rings. The molecule has 0 radical (unpaired) electrons. The Labute approximate surface area is 92.9 Å². The molecule has 4 N–H and O–H groups in total. The largest absolute Gasteiger partial charge is 0.377 e. The minimum Gasteiger partial charge on any atom is -0.377 e. The van der Waals surface area contributed by atoms with Crippen LogP contribution in [0.5, 0.6) is 0 Å². The van der Waals surface area contributed by atoms with Crippen molar-refractivity contribution in [1.82, 2.24) is 5.43 Å². The van der Waals surface area contributed by atoms with Gasteiger partial charge in [-0.05, 0) is 17.2 Å². The third kappa shape index (κ3) is 1.26. The lowest BCUT2D eigenvalue weighted by molar-refractivity contribution is -0.115. The second-order valence-corrected chi connectivity index (χ2v) is 4.32. The zero-order chi connectivity index (χ0) is 11.2. The van der Waals surface area contributed by atoms with Crippen LogP contribution in [0.1, 0.15) is 11.1 Å². The maximum atomic E-state index is 11.2. The zero-order valence-electron chi connectivity index (χ0n) is 8.75. The molecule has 0 aliphatic carbocycles. The average molecular weight is 219 g/mol. The number of anilines is 1. The van der Waals surface area contributed by atoms with Gasteiger partial charge in [0.05, 0.1) is 19.6 Å². The van der Waals surface area contributed by atoms with Crippen molar-refractivity contribution in [2.24, 2.45) is 5.84 Å². The number of ether oxygens (including phenoxy) is 1. The van der Waals surface area contributed by atoms with Gasteiger partial charge in [-0.25, -0.2) is 5.43 Å². The van der Waals surface area contributed by atoms with Crippen molar-refractivity contribution in [2.75, 3.05) is 18.5 Å². The number of fused-ring (bicyclic) bond motifs is 1. The number of rotatable bonds is 2. The molecule has 2 aliphatic rings. The molecule has 0 bridgehead atoms. The Hall–Kier alpha value is -1.43. The Morgan fingerprint density at radius 2 is 2.25 bits per heavy atom. The Balaban J connectivity index is 1.98. The average Bonchev–Trinajstić information content (AvgIpc) is 2.56. The van der Waals surface area contributed by atoms with Gasteiger partial charge in [0, 0.05) is 5.69 Å². The summed E-state index contributed by atoms with van der Waals surface area (Å²) in [6.07, 6.45) is 0.449. The van der Waals surface area contributed by atoms with Gasteiger partial charge in [0.1, 0.15) is 5.54 Å². The summed E-state index contributed by atoms with van der Waals surface area (Å²) in [5.74, 6) is 5.61. The summed E-state index contributed by atoms with van der Waals surface area (Å²) in [6.45, 7) is 1.15. The lowest BCUT2D eigenvalue weighted by Gasteiger charge is -2.41. The fourth-order valence-electron chi connectivity index (χ4n) is 2.17. The van der Waals surface area contributed by atoms with E-state index >= 15 is 0 Å². The van der Waals surface area contributed by atoms with Crippen LogP contribution < -0.4 is 16.6 Å². The molecule has 1 saturated heterocycles. The first-order valence-electron chi connectivity index (χ1n) is 5.22. The molecule has 3 rings (SSSR count). The van der Waals surface area contributed by atoms with Crippen molar-refractivity contribution in [3.8, 4) is 0 Å². The minimum absolute atomic E-state index is 0.0479. The van der Waals surface area contributed by atoms with E-state index in [2.05, 4.69) is 10.7 Å². The van der Waals surface area contributed by atoms with Crippen molar-refractivity contribution in [1.29, 1.82) is 0 Å². The van der Waals surface area contributed by atoms with Gasteiger partial charge < -0.3 is 10.1 Å². The van der Waals surface area contributed by atoms with Crippen LogP contribution in [0.2, 0.25) is 0 Å². The normalized spacial score (nSPS) is 21.2. The Kier molecular flexibility index (Phi) is 2.00. The zero-order valence-corrected chi connectivity index (χ0v) is 8.75. The molecule has 2 aliphatic heterocycles. The van der Waals surface area contributed by atoms with E-state index in [-0.39, 0.29) is 11.4 Å². The first-order chi connectivity index (χ1) is 7.73. The van der Waals surface area contributed by atoms with E-state index in [1.165, 1.54) is 0 Å². The van der Waals surface area contributed by atoms with Crippen LogP contribution in [-0.2, 0) is 21.5 Å². The maximum Gasteiger partial charge on any atom is 0.228 e. The fraction of sp³-hybridized carbons (Fsp3) is 0.364. The predicted octanol–water partition coefficient (Wildman–Crippen LogP) is -0.130. The van der Waals surface area contributed by atoms with E-state index in [4.69, 9.17) is 10.6 Å². The SMILES string of the molecule is NNC1(c2ccc3c(c2)CC(=O)N3)COC1. The molecule has 0 spiro atoms. The summed E-state index contributed by atoms with van der Waals surface area (Å²) in [5.41, 5.74) is 5.54. The lowest BCUT2D eigenvalue weighted by Crippen LogP contribution is -2.60. The van der Waals surface area contributed by atoms with Crippen LogP contribution in [0.15, 0.2) is 18.2 Å². The van der Waals surface area contributed by atoms with Gasteiger partial charge in [-0.1, -0.05) is 12.1 Å². The van der Waals surface area contributed by atoms with Crippen molar-refractivity contribution >= 4 is 11.6 Å². The molecule has 0 atom stereocenters. The highest BCUT2D eigenvalue weighted by atomic mass is 16.5. The number of amides is 1. The van der Waals surface area contributed by atoms with Crippen LogP contribution in [0.4, 0.5) is 5.69 Å². The number of benzene rings is 1. The van der Waals surface area contributed by atoms with Crippen molar-refractivity contribution in [2.45, 2.75) is 12.0 Å². The second kappa shape index (κ2) is 3.28. The molecule has 5 nitrogen and oxygen atoms in total. The van der Waals surface area contributed by atoms with Gasteiger partial charge in [0.15, 0.2) is 0 Å².